The predicted octanol–water partition coefficient (Wildman–Crippen LogP) is 2.99. The van der Waals surface area contributed by atoms with E-state index in [1.165, 1.54) is 11.8 Å². The summed E-state index contributed by atoms with van der Waals surface area (Å²) in [5.74, 6) is 0.400. The second-order valence-corrected chi connectivity index (χ2v) is 5.19. The Bertz CT molecular complexity index is 641. The topological polar surface area (TPSA) is 62.6 Å². The minimum atomic E-state index is -0.148. The number of halogens is 1. The van der Waals surface area contributed by atoms with Crippen molar-refractivity contribution < 1.29 is 14.0 Å². The van der Waals surface area contributed by atoms with Gasteiger partial charge < -0.3 is 14.6 Å². The molecule has 0 saturated carbocycles. The fourth-order valence-corrected chi connectivity index (χ4v) is 2.20. The molecule has 0 fully saturated rings. The van der Waals surface area contributed by atoms with Crippen LogP contribution in [0.25, 0.3) is 0 Å². The molecule has 6 heteroatoms. The Morgan fingerprint density at radius 2 is 2.09 bits per heavy atom. The lowest BCUT2D eigenvalue weighted by Crippen LogP contribution is -2.33. The van der Waals surface area contributed by atoms with Gasteiger partial charge in [-0.1, -0.05) is 17.7 Å². The van der Waals surface area contributed by atoms with Crippen molar-refractivity contribution in [3.63, 3.8) is 0 Å². The second kappa shape index (κ2) is 7.66. The van der Waals surface area contributed by atoms with Gasteiger partial charge in [0.05, 0.1) is 12.8 Å². The Morgan fingerprint density at radius 3 is 2.73 bits per heavy atom. The lowest BCUT2D eigenvalue weighted by atomic mass is 10.2. The van der Waals surface area contributed by atoms with Gasteiger partial charge in [-0.2, -0.15) is 0 Å². The molecule has 0 atom stereocenters. The third-order valence-corrected chi connectivity index (χ3v) is 3.34. The van der Waals surface area contributed by atoms with Crippen LogP contribution >= 0.6 is 11.6 Å². The van der Waals surface area contributed by atoms with Gasteiger partial charge >= 0.3 is 0 Å². The molecule has 1 heterocycles. The number of amides is 2. The van der Waals surface area contributed by atoms with Crippen LogP contribution in [0.1, 0.15) is 19.1 Å². The Hall–Kier alpha value is -2.27. The maximum atomic E-state index is 11.8. The fraction of sp³-hybridized carbons (Fsp3) is 0.250. The Kier molecular flexibility index (Phi) is 5.61. The van der Waals surface area contributed by atoms with Gasteiger partial charge in [0.2, 0.25) is 11.8 Å². The molecule has 1 N–H and O–H groups in total. The molecule has 0 bridgehead atoms. The van der Waals surface area contributed by atoms with Gasteiger partial charge in [0.15, 0.2) is 0 Å². The number of furan rings is 1. The minimum absolute atomic E-state index is 0.138. The lowest BCUT2D eigenvalue weighted by Gasteiger charge is -2.21. The van der Waals surface area contributed by atoms with Gasteiger partial charge in [-0.3, -0.25) is 9.59 Å². The maximum absolute atomic E-state index is 11.8. The zero-order valence-electron chi connectivity index (χ0n) is 12.2. The average Bonchev–Trinajstić information content (AvgIpc) is 2.98. The van der Waals surface area contributed by atoms with Crippen molar-refractivity contribution in [2.24, 2.45) is 0 Å². The Labute approximate surface area is 133 Å². The number of rotatable bonds is 6. The van der Waals surface area contributed by atoms with Crippen molar-refractivity contribution in [3.8, 4) is 0 Å². The number of carbonyl (C=O) groups excluding carboxylic acids is 2. The van der Waals surface area contributed by atoms with E-state index < -0.39 is 0 Å². The highest BCUT2D eigenvalue weighted by molar-refractivity contribution is 6.30. The van der Waals surface area contributed by atoms with E-state index in [0.29, 0.717) is 29.6 Å². The number of hydrogen-bond donors (Lipinski definition) is 1. The van der Waals surface area contributed by atoms with E-state index in [4.69, 9.17) is 16.0 Å². The third kappa shape index (κ3) is 4.63. The van der Waals surface area contributed by atoms with Crippen LogP contribution in [0.4, 0.5) is 5.69 Å². The first-order chi connectivity index (χ1) is 10.6. The van der Waals surface area contributed by atoms with E-state index in [1.54, 1.807) is 42.7 Å². The monoisotopic (exact) mass is 320 g/mol. The number of hydrogen-bond acceptors (Lipinski definition) is 3. The molecule has 0 saturated heterocycles. The van der Waals surface area contributed by atoms with Crippen molar-refractivity contribution >= 4 is 29.1 Å². The van der Waals surface area contributed by atoms with Crippen LogP contribution in [0.2, 0.25) is 5.02 Å². The van der Waals surface area contributed by atoms with E-state index in [0.717, 1.165) is 0 Å². The average molecular weight is 321 g/mol. The normalized spacial score (nSPS) is 10.3. The van der Waals surface area contributed by atoms with Gasteiger partial charge in [-0.25, -0.2) is 0 Å². The van der Waals surface area contributed by atoms with Gasteiger partial charge in [0.1, 0.15) is 5.76 Å². The SMILES string of the molecule is CC(=O)N(CCC(=O)NCc1ccco1)c1cccc(Cl)c1. The number of nitrogens with one attached hydrogen (secondary N) is 1. The van der Waals surface area contributed by atoms with E-state index in [9.17, 15) is 9.59 Å². The molecule has 0 radical (unpaired) electrons. The summed E-state index contributed by atoms with van der Waals surface area (Å²) in [6, 6.07) is 10.5. The zero-order valence-corrected chi connectivity index (χ0v) is 13.0. The molecule has 116 valence electrons. The number of carbonyl (C=O) groups is 2. The van der Waals surface area contributed by atoms with Gasteiger partial charge in [-0.05, 0) is 30.3 Å². The minimum Gasteiger partial charge on any atom is -0.467 e. The summed E-state index contributed by atoms with van der Waals surface area (Å²) >= 11 is 5.94. The van der Waals surface area contributed by atoms with Crippen LogP contribution < -0.4 is 10.2 Å². The Balaban J connectivity index is 1.89. The first-order valence-electron chi connectivity index (χ1n) is 6.89. The molecule has 0 spiro atoms. The van der Waals surface area contributed by atoms with E-state index in [-0.39, 0.29) is 18.2 Å². The summed E-state index contributed by atoms with van der Waals surface area (Å²) in [5.41, 5.74) is 0.679. The molecule has 1 aromatic carbocycles. The smallest absolute Gasteiger partial charge is 0.223 e. The highest BCUT2D eigenvalue weighted by atomic mass is 35.5. The molecule has 5 nitrogen and oxygen atoms in total. The largest absolute Gasteiger partial charge is 0.467 e. The number of benzene rings is 1. The summed E-state index contributed by atoms with van der Waals surface area (Å²) in [5, 5.41) is 3.29. The van der Waals surface area contributed by atoms with Crippen molar-refractivity contribution in [1.82, 2.24) is 5.32 Å². The molecule has 1 aromatic heterocycles. The fourth-order valence-electron chi connectivity index (χ4n) is 2.01. The summed E-state index contributed by atoms with van der Waals surface area (Å²) in [6.45, 7) is 2.09. The van der Waals surface area contributed by atoms with Crippen LogP contribution in [0.5, 0.6) is 0 Å². The van der Waals surface area contributed by atoms with E-state index in [1.807, 2.05) is 0 Å². The molecule has 22 heavy (non-hydrogen) atoms. The predicted molar refractivity (Wildman–Crippen MR) is 84.7 cm³/mol. The second-order valence-electron chi connectivity index (χ2n) is 4.76. The van der Waals surface area contributed by atoms with Crippen LogP contribution in [-0.2, 0) is 16.1 Å². The van der Waals surface area contributed by atoms with Gasteiger partial charge in [-0.15, -0.1) is 0 Å². The molecule has 2 amide bonds. The molecule has 0 unspecified atom stereocenters. The summed E-state index contributed by atoms with van der Waals surface area (Å²) in [6.07, 6.45) is 1.75. The molecular weight excluding hydrogens is 304 g/mol. The van der Waals surface area contributed by atoms with Crippen molar-refractivity contribution in [3.05, 3.63) is 53.4 Å². The highest BCUT2D eigenvalue weighted by Crippen LogP contribution is 2.19. The molecule has 0 aliphatic rings. The standard InChI is InChI=1S/C16H17ClN2O3/c1-12(20)19(14-5-2-4-13(17)10-14)8-7-16(21)18-11-15-6-3-9-22-15/h2-6,9-10H,7-8,11H2,1H3,(H,18,21). The first-order valence-corrected chi connectivity index (χ1v) is 7.27. The third-order valence-electron chi connectivity index (χ3n) is 3.10. The number of anilines is 1. The summed E-state index contributed by atoms with van der Waals surface area (Å²) in [4.78, 5) is 25.1. The van der Waals surface area contributed by atoms with Crippen LogP contribution in [0, 0.1) is 0 Å². The summed E-state index contributed by atoms with van der Waals surface area (Å²) in [7, 11) is 0. The van der Waals surface area contributed by atoms with E-state index >= 15 is 0 Å². The van der Waals surface area contributed by atoms with Crippen molar-refractivity contribution in [2.45, 2.75) is 19.9 Å². The molecule has 0 aliphatic heterocycles. The van der Waals surface area contributed by atoms with Crippen LogP contribution in [-0.4, -0.2) is 18.4 Å². The Morgan fingerprint density at radius 1 is 1.27 bits per heavy atom. The molecule has 0 aliphatic carbocycles. The first kappa shape index (κ1) is 16.1. The van der Waals surface area contributed by atoms with Gasteiger partial charge in [0.25, 0.3) is 0 Å². The highest BCUT2D eigenvalue weighted by Gasteiger charge is 2.13. The van der Waals surface area contributed by atoms with E-state index in [2.05, 4.69) is 5.32 Å². The van der Waals surface area contributed by atoms with Crippen molar-refractivity contribution in [1.29, 1.82) is 0 Å². The van der Waals surface area contributed by atoms with Crippen LogP contribution in [0.15, 0.2) is 47.1 Å². The number of nitrogens with zero attached hydrogens (tertiary/aromatic N) is 1. The summed E-state index contributed by atoms with van der Waals surface area (Å²) < 4.78 is 5.14. The van der Waals surface area contributed by atoms with Gasteiger partial charge in [0, 0.05) is 30.6 Å². The maximum Gasteiger partial charge on any atom is 0.223 e. The quantitative estimate of drug-likeness (QED) is 0.890. The molecular formula is C16H17ClN2O3. The van der Waals surface area contributed by atoms with Crippen molar-refractivity contribution in [2.75, 3.05) is 11.4 Å². The van der Waals surface area contributed by atoms with Crippen LogP contribution in [0.3, 0.4) is 0 Å². The zero-order chi connectivity index (χ0) is 15.9. The molecule has 2 aromatic rings. The molecule has 2 rings (SSSR count). The lowest BCUT2D eigenvalue weighted by molar-refractivity contribution is -0.121.